The van der Waals surface area contributed by atoms with E-state index in [4.69, 9.17) is 9.84 Å². The molecule has 0 aliphatic rings. The van der Waals surface area contributed by atoms with Crippen LogP contribution in [-0.4, -0.2) is 34.9 Å². The largest absolute Gasteiger partial charge is 0.573 e. The molecule has 40 heavy (non-hydrogen) atoms. The summed E-state index contributed by atoms with van der Waals surface area (Å²) in [7, 11) is 0. The molecular formula is C30H25F3N2O5. The number of carboxylic acids is 1. The topological polar surface area (TPSA) is 97.8 Å². The van der Waals surface area contributed by atoms with Gasteiger partial charge in [0.25, 0.3) is 5.91 Å². The number of aromatic nitrogens is 1. The maximum atomic E-state index is 12.5. The Morgan fingerprint density at radius 3 is 2.12 bits per heavy atom. The summed E-state index contributed by atoms with van der Waals surface area (Å²) in [6.45, 7) is 2.13. The van der Waals surface area contributed by atoms with E-state index in [1.807, 2.05) is 37.3 Å². The molecular weight excluding hydrogens is 525 g/mol. The molecule has 0 aliphatic carbocycles. The highest BCUT2D eigenvalue weighted by atomic mass is 19.4. The number of aryl methyl sites for hydroxylation is 1. The number of amides is 1. The molecule has 4 rings (SSSR count). The van der Waals surface area contributed by atoms with Gasteiger partial charge in [0.1, 0.15) is 18.1 Å². The van der Waals surface area contributed by atoms with Crippen LogP contribution in [0.2, 0.25) is 0 Å². The van der Waals surface area contributed by atoms with Crippen LogP contribution in [0.5, 0.6) is 11.5 Å². The van der Waals surface area contributed by atoms with Crippen LogP contribution in [0.25, 0.3) is 22.4 Å². The first-order valence-corrected chi connectivity index (χ1v) is 12.2. The van der Waals surface area contributed by atoms with E-state index in [2.05, 4.69) is 15.0 Å². The van der Waals surface area contributed by atoms with Gasteiger partial charge in [0.15, 0.2) is 0 Å². The SMILES string of the molecule is Cc1ccc(-c2ncc(-c3ccc(OC(F)(F)F)cc3)cc2COc2ccc(C(=O)NCCC(=O)O)cc2)cc1. The lowest BCUT2D eigenvalue weighted by Gasteiger charge is -2.14. The number of hydrogen-bond donors (Lipinski definition) is 2. The minimum atomic E-state index is -4.77. The normalized spacial score (nSPS) is 11.1. The van der Waals surface area contributed by atoms with Crippen LogP contribution in [0, 0.1) is 6.92 Å². The number of ether oxygens (including phenoxy) is 2. The monoisotopic (exact) mass is 550 g/mol. The molecule has 1 amide bonds. The molecule has 1 aromatic heterocycles. The predicted molar refractivity (Wildman–Crippen MR) is 142 cm³/mol. The average molecular weight is 551 g/mol. The molecule has 0 saturated heterocycles. The van der Waals surface area contributed by atoms with Gasteiger partial charge in [-0.3, -0.25) is 14.6 Å². The third-order valence-corrected chi connectivity index (χ3v) is 5.85. The maximum Gasteiger partial charge on any atom is 0.573 e. The van der Waals surface area contributed by atoms with Crippen molar-refractivity contribution >= 4 is 11.9 Å². The molecule has 206 valence electrons. The van der Waals surface area contributed by atoms with Crippen molar-refractivity contribution in [2.75, 3.05) is 6.54 Å². The number of carbonyl (C=O) groups is 2. The Morgan fingerprint density at radius 1 is 0.875 bits per heavy atom. The first-order valence-electron chi connectivity index (χ1n) is 12.2. The number of alkyl halides is 3. The molecule has 0 fully saturated rings. The van der Waals surface area contributed by atoms with Crippen molar-refractivity contribution in [1.82, 2.24) is 10.3 Å². The fraction of sp³-hybridized carbons (Fsp3) is 0.167. The Labute approximate surface area is 228 Å². The van der Waals surface area contributed by atoms with Crippen LogP contribution in [0.3, 0.4) is 0 Å². The van der Waals surface area contributed by atoms with Crippen LogP contribution >= 0.6 is 0 Å². The van der Waals surface area contributed by atoms with Gasteiger partial charge < -0.3 is 19.9 Å². The summed E-state index contributed by atoms with van der Waals surface area (Å²) in [6, 6.07) is 21.6. The molecule has 4 aromatic rings. The summed E-state index contributed by atoms with van der Waals surface area (Å²) in [4.78, 5) is 27.5. The van der Waals surface area contributed by atoms with E-state index < -0.39 is 18.2 Å². The molecule has 3 aromatic carbocycles. The van der Waals surface area contributed by atoms with Crippen molar-refractivity contribution in [1.29, 1.82) is 0 Å². The average Bonchev–Trinajstić information content (AvgIpc) is 2.92. The first-order chi connectivity index (χ1) is 19.1. The second kappa shape index (κ2) is 12.3. The Hall–Kier alpha value is -4.86. The number of benzene rings is 3. The second-order valence-corrected chi connectivity index (χ2v) is 8.88. The number of rotatable bonds is 10. The number of carboxylic acid groups (broad SMARTS) is 1. The number of pyridine rings is 1. The number of hydrogen-bond acceptors (Lipinski definition) is 5. The van der Waals surface area contributed by atoms with Gasteiger partial charge in [-0.1, -0.05) is 42.0 Å². The quantitative estimate of drug-likeness (QED) is 0.237. The second-order valence-electron chi connectivity index (χ2n) is 8.88. The van der Waals surface area contributed by atoms with Crippen molar-refractivity contribution in [2.24, 2.45) is 0 Å². The lowest BCUT2D eigenvalue weighted by atomic mass is 10.0. The van der Waals surface area contributed by atoms with Gasteiger partial charge in [0, 0.05) is 35.0 Å². The van der Waals surface area contributed by atoms with Gasteiger partial charge in [-0.25, -0.2) is 0 Å². The Kier molecular flexibility index (Phi) is 8.68. The van der Waals surface area contributed by atoms with Crippen LogP contribution in [0.1, 0.15) is 27.9 Å². The van der Waals surface area contributed by atoms with Crippen molar-refractivity contribution in [3.63, 3.8) is 0 Å². The van der Waals surface area contributed by atoms with Crippen molar-refractivity contribution in [3.8, 4) is 33.9 Å². The molecule has 0 radical (unpaired) electrons. The molecule has 2 N–H and O–H groups in total. The van der Waals surface area contributed by atoms with Gasteiger partial charge in [-0.15, -0.1) is 13.2 Å². The van der Waals surface area contributed by atoms with Gasteiger partial charge in [0.05, 0.1) is 12.1 Å². The van der Waals surface area contributed by atoms with E-state index >= 15 is 0 Å². The van der Waals surface area contributed by atoms with Crippen LogP contribution in [0.15, 0.2) is 85.1 Å². The zero-order chi connectivity index (χ0) is 28.7. The fourth-order valence-electron chi connectivity index (χ4n) is 3.85. The Balaban J connectivity index is 1.54. The highest BCUT2D eigenvalue weighted by molar-refractivity contribution is 5.94. The summed E-state index contributed by atoms with van der Waals surface area (Å²) >= 11 is 0. The van der Waals surface area contributed by atoms with Crippen LogP contribution in [-0.2, 0) is 11.4 Å². The number of aliphatic carboxylic acids is 1. The zero-order valence-electron chi connectivity index (χ0n) is 21.4. The Morgan fingerprint density at radius 2 is 1.50 bits per heavy atom. The van der Waals surface area contributed by atoms with Crippen LogP contribution < -0.4 is 14.8 Å². The van der Waals surface area contributed by atoms with E-state index in [1.54, 1.807) is 30.5 Å². The number of nitrogens with one attached hydrogen (secondary N) is 1. The smallest absolute Gasteiger partial charge is 0.489 e. The predicted octanol–water partition coefficient (Wildman–Crippen LogP) is 6.41. The van der Waals surface area contributed by atoms with Crippen molar-refractivity contribution in [2.45, 2.75) is 26.3 Å². The minimum Gasteiger partial charge on any atom is -0.489 e. The highest BCUT2D eigenvalue weighted by Crippen LogP contribution is 2.30. The van der Waals surface area contributed by atoms with E-state index in [-0.39, 0.29) is 25.3 Å². The number of carbonyl (C=O) groups excluding carboxylic acids is 1. The Bertz CT molecular complexity index is 1470. The molecule has 0 saturated carbocycles. The minimum absolute atomic E-state index is 0.0234. The molecule has 0 bridgehead atoms. The fourth-order valence-corrected chi connectivity index (χ4v) is 3.85. The first kappa shape index (κ1) is 28.2. The van der Waals surface area contributed by atoms with Crippen molar-refractivity contribution < 1.29 is 37.3 Å². The zero-order valence-corrected chi connectivity index (χ0v) is 21.4. The molecule has 1 heterocycles. The van der Waals surface area contributed by atoms with Gasteiger partial charge in [0.2, 0.25) is 0 Å². The molecule has 0 atom stereocenters. The lowest BCUT2D eigenvalue weighted by molar-refractivity contribution is -0.274. The standard InChI is InChI=1S/C30H25F3N2O5/c1-19-2-4-21(5-3-19)28-24(16-23(17-35-28)20-6-12-26(13-7-20)40-30(31,32)33)18-39-25-10-8-22(9-11-25)29(38)34-15-14-27(36)37/h2-13,16-17H,14-15,18H2,1H3,(H,34,38)(H,36,37). The third kappa shape index (κ3) is 7.83. The molecule has 0 spiro atoms. The maximum absolute atomic E-state index is 12.5. The van der Waals surface area contributed by atoms with E-state index in [0.717, 1.165) is 16.7 Å². The number of halogens is 3. The molecule has 10 heteroatoms. The van der Waals surface area contributed by atoms with Gasteiger partial charge in [-0.05, 0) is 55.0 Å². The van der Waals surface area contributed by atoms with Gasteiger partial charge in [-0.2, -0.15) is 0 Å². The summed E-state index contributed by atoms with van der Waals surface area (Å²) < 4.78 is 47.5. The van der Waals surface area contributed by atoms with Gasteiger partial charge >= 0.3 is 12.3 Å². The third-order valence-electron chi connectivity index (χ3n) is 5.85. The summed E-state index contributed by atoms with van der Waals surface area (Å²) in [6.07, 6.45) is -3.30. The molecule has 0 unspecified atom stereocenters. The summed E-state index contributed by atoms with van der Waals surface area (Å²) in [5, 5.41) is 11.2. The molecule has 0 aliphatic heterocycles. The van der Waals surface area contributed by atoms with Crippen LogP contribution in [0.4, 0.5) is 13.2 Å². The van der Waals surface area contributed by atoms with E-state index in [9.17, 15) is 22.8 Å². The van der Waals surface area contributed by atoms with E-state index in [1.165, 1.54) is 24.3 Å². The highest BCUT2D eigenvalue weighted by Gasteiger charge is 2.31. The summed E-state index contributed by atoms with van der Waals surface area (Å²) in [5.41, 5.74) is 5.09. The van der Waals surface area contributed by atoms with E-state index in [0.29, 0.717) is 28.1 Å². The molecule has 7 nitrogen and oxygen atoms in total. The summed E-state index contributed by atoms with van der Waals surface area (Å²) in [5.74, 6) is -1.21. The lowest BCUT2D eigenvalue weighted by Crippen LogP contribution is -2.25. The number of nitrogens with zero attached hydrogens (tertiary/aromatic N) is 1. The van der Waals surface area contributed by atoms with Crippen molar-refractivity contribution in [3.05, 3.63) is 102 Å².